The number of benzene rings is 1. The normalized spacial score (nSPS) is 16.8. The monoisotopic (exact) mass is 406 g/mol. The van der Waals surface area contributed by atoms with Crippen LogP contribution in [0, 0.1) is 0 Å². The topological polar surface area (TPSA) is 100 Å². The van der Waals surface area contributed by atoms with Gasteiger partial charge in [0.05, 0.1) is 6.54 Å². The van der Waals surface area contributed by atoms with Crippen LogP contribution in [0.4, 0.5) is 0 Å². The van der Waals surface area contributed by atoms with Gasteiger partial charge in [-0.25, -0.2) is 0 Å². The number of amides is 3. The van der Waals surface area contributed by atoms with Gasteiger partial charge in [-0.2, -0.15) is 0 Å². The van der Waals surface area contributed by atoms with E-state index in [9.17, 15) is 14.4 Å². The summed E-state index contributed by atoms with van der Waals surface area (Å²) in [7, 11) is 0. The minimum Gasteiger partial charge on any atom is -0.480 e. The third kappa shape index (κ3) is 7.61. The predicted molar refractivity (Wildman–Crippen MR) is 108 cm³/mol. The molecule has 3 amide bonds. The molecule has 2 N–H and O–H groups in total. The third-order valence-electron chi connectivity index (χ3n) is 4.54. The Kier molecular flexibility index (Phi) is 9.23. The van der Waals surface area contributed by atoms with E-state index in [4.69, 9.17) is 9.47 Å². The molecule has 1 heterocycles. The number of likely N-dealkylation sites (N-methyl/N-ethyl adjacent to an activating group) is 1. The Balaban J connectivity index is 2.01. The van der Waals surface area contributed by atoms with Crippen LogP contribution in [0.3, 0.4) is 0 Å². The summed E-state index contributed by atoms with van der Waals surface area (Å²) < 4.78 is 11.0. The molecule has 9 heteroatoms. The zero-order chi connectivity index (χ0) is 21.1. The van der Waals surface area contributed by atoms with Crippen LogP contribution in [0.2, 0.25) is 0 Å². The molecule has 1 aromatic rings. The van der Waals surface area contributed by atoms with Crippen LogP contribution in [-0.2, 0) is 14.4 Å². The Morgan fingerprint density at radius 2 is 1.45 bits per heavy atom. The van der Waals surface area contributed by atoms with Crippen molar-refractivity contribution in [1.29, 1.82) is 0 Å². The van der Waals surface area contributed by atoms with Crippen molar-refractivity contribution >= 4 is 17.7 Å². The van der Waals surface area contributed by atoms with Crippen LogP contribution < -0.4 is 20.1 Å². The summed E-state index contributed by atoms with van der Waals surface area (Å²) in [6.07, 6.45) is 0. The van der Waals surface area contributed by atoms with Gasteiger partial charge in [0.15, 0.2) is 24.7 Å². The average Bonchev–Trinajstić information content (AvgIpc) is 2.71. The maximum atomic E-state index is 12.4. The number of fused-ring (bicyclic) bond motifs is 1. The average molecular weight is 406 g/mol. The SMILES string of the molecule is CCN(CC)C(=O)CN1CCNC(=O)COc2ccccc2OCC(=O)NCC1. The second-order valence-electron chi connectivity index (χ2n) is 6.57. The molecule has 2 rings (SSSR count). The first kappa shape index (κ1) is 22.5. The molecule has 0 spiro atoms. The lowest BCUT2D eigenvalue weighted by molar-refractivity contribution is -0.132. The minimum atomic E-state index is -0.265. The Bertz CT molecular complexity index is 648. The first-order valence-electron chi connectivity index (χ1n) is 9.91. The van der Waals surface area contributed by atoms with E-state index in [1.807, 2.05) is 18.7 Å². The molecule has 1 aliphatic heterocycles. The van der Waals surface area contributed by atoms with Gasteiger partial charge < -0.3 is 25.0 Å². The Morgan fingerprint density at radius 1 is 0.966 bits per heavy atom. The van der Waals surface area contributed by atoms with Crippen LogP contribution in [-0.4, -0.2) is 86.5 Å². The highest BCUT2D eigenvalue weighted by Gasteiger charge is 2.16. The van der Waals surface area contributed by atoms with Gasteiger partial charge in [-0.15, -0.1) is 0 Å². The Morgan fingerprint density at radius 3 is 1.90 bits per heavy atom. The van der Waals surface area contributed by atoms with E-state index in [-0.39, 0.29) is 37.5 Å². The summed E-state index contributed by atoms with van der Waals surface area (Å²) in [6, 6.07) is 6.89. The fourth-order valence-corrected chi connectivity index (χ4v) is 2.92. The minimum absolute atomic E-state index is 0.0210. The standard InChI is InChI=1S/C20H30N4O5/c1-3-24(4-2)20(27)13-23-11-9-21-18(25)14-28-16-7-5-6-8-17(16)29-15-19(26)22-10-12-23/h5-8H,3-4,9-15H2,1-2H3,(H,21,25)(H,22,26). The molecule has 29 heavy (non-hydrogen) atoms. The highest BCUT2D eigenvalue weighted by atomic mass is 16.5. The van der Waals surface area contributed by atoms with Crippen molar-refractivity contribution in [2.45, 2.75) is 13.8 Å². The fourth-order valence-electron chi connectivity index (χ4n) is 2.92. The van der Waals surface area contributed by atoms with Crippen LogP contribution in [0.5, 0.6) is 11.5 Å². The highest BCUT2D eigenvalue weighted by molar-refractivity contribution is 5.79. The van der Waals surface area contributed by atoms with Crippen molar-refractivity contribution in [3.05, 3.63) is 24.3 Å². The Hall–Kier alpha value is -2.81. The summed E-state index contributed by atoms with van der Waals surface area (Å²) >= 11 is 0. The van der Waals surface area contributed by atoms with Crippen molar-refractivity contribution in [3.63, 3.8) is 0 Å². The smallest absolute Gasteiger partial charge is 0.257 e. The molecule has 0 aliphatic carbocycles. The van der Waals surface area contributed by atoms with E-state index in [1.165, 1.54) is 0 Å². The number of nitrogens with zero attached hydrogens (tertiary/aromatic N) is 2. The lowest BCUT2D eigenvalue weighted by Crippen LogP contribution is -2.46. The zero-order valence-electron chi connectivity index (χ0n) is 17.1. The fraction of sp³-hybridized carbons (Fsp3) is 0.550. The predicted octanol–water partition coefficient (Wildman–Crippen LogP) is -0.139. The second kappa shape index (κ2) is 11.9. The molecule has 9 nitrogen and oxygen atoms in total. The number of para-hydroxylation sites is 2. The van der Waals surface area contributed by atoms with Gasteiger partial charge in [-0.05, 0) is 26.0 Å². The van der Waals surface area contributed by atoms with Crippen molar-refractivity contribution in [2.24, 2.45) is 0 Å². The van der Waals surface area contributed by atoms with Gasteiger partial charge in [0, 0.05) is 39.3 Å². The summed E-state index contributed by atoms with van der Waals surface area (Å²) in [5.41, 5.74) is 0. The number of hydrogen-bond acceptors (Lipinski definition) is 6. The molecule has 0 unspecified atom stereocenters. The van der Waals surface area contributed by atoms with Gasteiger partial charge in [0.1, 0.15) is 0 Å². The molecule has 1 aromatic carbocycles. The molecule has 0 radical (unpaired) electrons. The molecule has 0 saturated heterocycles. The summed E-state index contributed by atoms with van der Waals surface area (Å²) in [6.45, 7) is 6.79. The lowest BCUT2D eigenvalue weighted by Gasteiger charge is -2.26. The van der Waals surface area contributed by atoms with Gasteiger partial charge in [0.25, 0.3) is 11.8 Å². The van der Waals surface area contributed by atoms with Gasteiger partial charge in [-0.1, -0.05) is 12.1 Å². The van der Waals surface area contributed by atoms with Crippen LogP contribution in [0.1, 0.15) is 13.8 Å². The lowest BCUT2D eigenvalue weighted by atomic mass is 10.3. The quantitative estimate of drug-likeness (QED) is 0.722. The third-order valence-corrected chi connectivity index (χ3v) is 4.54. The molecular formula is C20H30N4O5. The van der Waals surface area contributed by atoms with Gasteiger partial charge >= 0.3 is 0 Å². The second-order valence-corrected chi connectivity index (χ2v) is 6.57. The maximum Gasteiger partial charge on any atom is 0.257 e. The summed E-state index contributed by atoms with van der Waals surface area (Å²) in [4.78, 5) is 40.2. The van der Waals surface area contributed by atoms with E-state index >= 15 is 0 Å². The number of rotatable bonds is 4. The molecule has 0 saturated carbocycles. The van der Waals surface area contributed by atoms with E-state index in [0.29, 0.717) is 50.8 Å². The molecule has 160 valence electrons. The number of nitrogens with one attached hydrogen (secondary N) is 2. The summed E-state index contributed by atoms with van der Waals surface area (Å²) in [5, 5.41) is 5.59. The van der Waals surface area contributed by atoms with Crippen LogP contribution in [0.25, 0.3) is 0 Å². The van der Waals surface area contributed by atoms with Gasteiger partial charge in [0.2, 0.25) is 5.91 Å². The number of ether oxygens (including phenoxy) is 2. The zero-order valence-corrected chi connectivity index (χ0v) is 17.1. The van der Waals surface area contributed by atoms with Crippen molar-refractivity contribution in [2.75, 3.05) is 59.0 Å². The first-order valence-corrected chi connectivity index (χ1v) is 9.91. The van der Waals surface area contributed by atoms with E-state index < -0.39 is 0 Å². The highest BCUT2D eigenvalue weighted by Crippen LogP contribution is 2.26. The van der Waals surface area contributed by atoms with Crippen LogP contribution in [0.15, 0.2) is 24.3 Å². The van der Waals surface area contributed by atoms with E-state index in [1.54, 1.807) is 29.2 Å². The number of carbonyl (C=O) groups is 3. The number of carbonyl (C=O) groups excluding carboxylic acids is 3. The molecule has 0 aromatic heterocycles. The van der Waals surface area contributed by atoms with E-state index in [0.717, 1.165) is 0 Å². The molecule has 0 bridgehead atoms. The Labute approximate surface area is 171 Å². The van der Waals surface area contributed by atoms with Crippen LogP contribution >= 0.6 is 0 Å². The maximum absolute atomic E-state index is 12.4. The van der Waals surface area contributed by atoms with Crippen molar-refractivity contribution < 1.29 is 23.9 Å². The van der Waals surface area contributed by atoms with E-state index in [2.05, 4.69) is 10.6 Å². The summed E-state index contributed by atoms with van der Waals surface area (Å²) in [5.74, 6) is 0.291. The van der Waals surface area contributed by atoms with Crippen molar-refractivity contribution in [1.82, 2.24) is 20.4 Å². The molecule has 0 fully saturated rings. The van der Waals surface area contributed by atoms with Crippen molar-refractivity contribution in [3.8, 4) is 11.5 Å². The first-order chi connectivity index (χ1) is 14.0. The van der Waals surface area contributed by atoms with Gasteiger partial charge in [-0.3, -0.25) is 19.3 Å². The molecule has 0 atom stereocenters. The largest absolute Gasteiger partial charge is 0.480 e. The molecular weight excluding hydrogens is 376 g/mol. The molecule has 1 aliphatic rings. The number of hydrogen-bond donors (Lipinski definition) is 2.